The van der Waals surface area contributed by atoms with E-state index >= 15 is 0 Å². The molecule has 6 fully saturated rings. The lowest BCUT2D eigenvalue weighted by molar-refractivity contribution is -0.164. The highest BCUT2D eigenvalue weighted by atomic mass is 32.1. The van der Waals surface area contributed by atoms with Gasteiger partial charge in [0.1, 0.15) is 11.2 Å². The maximum absolute atomic E-state index is 12.2. The number of carbonyl (C=O) groups excluding carboxylic acids is 2. The van der Waals surface area contributed by atoms with Gasteiger partial charge in [-0.05, 0) is 68.3 Å². The Morgan fingerprint density at radius 3 is 2.42 bits per heavy atom. The third-order valence-corrected chi connectivity index (χ3v) is 10.4. The van der Waals surface area contributed by atoms with Crippen LogP contribution in [0.3, 0.4) is 0 Å². The molecule has 0 unspecified atom stereocenters. The van der Waals surface area contributed by atoms with Gasteiger partial charge < -0.3 is 9.47 Å². The Hall–Kier alpha value is 0.240. The van der Waals surface area contributed by atoms with E-state index in [4.69, 9.17) is 9.47 Å². The average molecular weight is 505 g/mol. The van der Waals surface area contributed by atoms with Crippen molar-refractivity contribution in [2.24, 2.45) is 34.5 Å². The van der Waals surface area contributed by atoms with Crippen molar-refractivity contribution in [3.63, 3.8) is 0 Å². The van der Waals surface area contributed by atoms with Crippen molar-refractivity contribution in [2.45, 2.75) is 82.5 Å². The Morgan fingerprint density at radius 1 is 1.00 bits per heavy atom. The van der Waals surface area contributed by atoms with Crippen molar-refractivity contribution in [3.8, 4) is 0 Å². The van der Waals surface area contributed by atoms with Crippen LogP contribution in [0.15, 0.2) is 11.6 Å². The van der Waals surface area contributed by atoms with Crippen LogP contribution in [-0.4, -0.2) is 29.1 Å². The van der Waals surface area contributed by atoms with Crippen LogP contribution >= 0.6 is 54.0 Å². The molecular weight excluding hydrogens is 469 g/mol. The van der Waals surface area contributed by atoms with E-state index in [9.17, 15) is 9.59 Å². The Labute approximate surface area is 212 Å². The molecule has 4 saturated carbocycles. The Balaban J connectivity index is 0.000000681. The van der Waals surface area contributed by atoms with Crippen LogP contribution in [-0.2, 0) is 19.1 Å². The minimum absolute atomic E-state index is 0. The number of hydrogen-bond donors (Lipinski definition) is 0. The number of rotatable bonds is 0. The van der Waals surface area contributed by atoms with Crippen LogP contribution in [0.4, 0.5) is 0 Å². The second-order valence-electron chi connectivity index (χ2n) is 11.1. The SMILES string of the molecule is C[C@]12CCC(=O)C=C1[C@@H]1C[C@H]1[C@H]1[C@@H]3CC[C@@]4(CCC(=O)O4)[C@@]3(C)C[C@H]3O[C@@]132.S.S.S.S. The highest BCUT2D eigenvalue weighted by Gasteiger charge is 2.85. The summed E-state index contributed by atoms with van der Waals surface area (Å²) in [5.74, 6) is 2.77. The Bertz CT molecular complexity index is 863. The largest absolute Gasteiger partial charge is 0.458 e. The van der Waals surface area contributed by atoms with Gasteiger partial charge >= 0.3 is 5.97 Å². The molecular formula is C23H36O4S4. The predicted molar refractivity (Wildman–Crippen MR) is 138 cm³/mol. The van der Waals surface area contributed by atoms with Crippen molar-refractivity contribution < 1.29 is 19.1 Å². The van der Waals surface area contributed by atoms with E-state index in [1.807, 2.05) is 6.08 Å². The monoisotopic (exact) mass is 504 g/mol. The number of ketones is 1. The lowest BCUT2D eigenvalue weighted by atomic mass is 9.46. The molecule has 0 aromatic carbocycles. The fourth-order valence-electron chi connectivity index (χ4n) is 9.12. The first-order chi connectivity index (χ1) is 12.8. The fourth-order valence-corrected chi connectivity index (χ4v) is 9.12. The number of hydrogen-bond acceptors (Lipinski definition) is 4. The number of epoxide rings is 1. The maximum atomic E-state index is 12.2. The first kappa shape index (κ1) is 25.9. The summed E-state index contributed by atoms with van der Waals surface area (Å²) in [6, 6.07) is 0. The number of esters is 1. The molecule has 7 rings (SSSR count). The van der Waals surface area contributed by atoms with E-state index in [0.29, 0.717) is 42.3 Å². The molecule has 31 heavy (non-hydrogen) atoms. The van der Waals surface area contributed by atoms with E-state index in [1.54, 1.807) is 0 Å². The van der Waals surface area contributed by atoms with Gasteiger partial charge in [0.05, 0.1) is 6.10 Å². The minimum atomic E-state index is -0.239. The molecule has 2 aliphatic heterocycles. The summed E-state index contributed by atoms with van der Waals surface area (Å²) in [5, 5.41) is 0. The fraction of sp³-hybridized carbons (Fsp3) is 0.826. The molecule has 2 heterocycles. The zero-order chi connectivity index (χ0) is 18.4. The predicted octanol–water partition coefficient (Wildman–Crippen LogP) is 4.03. The highest BCUT2D eigenvalue weighted by Crippen LogP contribution is 2.82. The molecule has 0 radical (unpaired) electrons. The molecule has 0 aromatic rings. The Kier molecular flexibility index (Phi) is 6.14. The third-order valence-electron chi connectivity index (χ3n) is 10.4. The van der Waals surface area contributed by atoms with Crippen molar-refractivity contribution in [1.82, 2.24) is 0 Å². The summed E-state index contributed by atoms with van der Waals surface area (Å²) in [6.07, 6.45) is 9.85. The van der Waals surface area contributed by atoms with E-state index in [0.717, 1.165) is 25.7 Å². The summed E-state index contributed by atoms with van der Waals surface area (Å²) in [6.45, 7) is 4.81. The van der Waals surface area contributed by atoms with E-state index in [1.165, 1.54) is 18.4 Å². The summed E-state index contributed by atoms with van der Waals surface area (Å²) < 4.78 is 12.8. The standard InChI is InChI=1S/C23H28O4.4H2S/c1-20-6-3-12(24)9-16(20)13-10-14(13)19-15-4-7-22(8-5-18(25)27-22)21(15,2)11-17-23(19,20)26-17;;;;/h9,13-15,17,19H,3-8,10-11H2,1-2H3;4*1H2/t13-,14-,15+,17-,19+,20+,21+,22-,23-;;;;/m1..../s1. The second-order valence-corrected chi connectivity index (χ2v) is 11.1. The second kappa shape index (κ2) is 7.37. The third kappa shape index (κ3) is 2.66. The van der Waals surface area contributed by atoms with E-state index < -0.39 is 0 Å². The zero-order valence-electron chi connectivity index (χ0n) is 18.3. The first-order valence-corrected chi connectivity index (χ1v) is 11.0. The van der Waals surface area contributed by atoms with Gasteiger partial charge in [-0.2, -0.15) is 54.0 Å². The Morgan fingerprint density at radius 2 is 1.74 bits per heavy atom. The van der Waals surface area contributed by atoms with Gasteiger partial charge in [0.2, 0.25) is 0 Å². The molecule has 7 aliphatic rings. The minimum Gasteiger partial charge on any atom is -0.458 e. The summed E-state index contributed by atoms with van der Waals surface area (Å²) in [7, 11) is 0. The molecule has 5 aliphatic carbocycles. The van der Waals surface area contributed by atoms with Gasteiger partial charge in [-0.25, -0.2) is 0 Å². The van der Waals surface area contributed by atoms with Crippen molar-refractivity contribution in [3.05, 3.63) is 11.6 Å². The van der Waals surface area contributed by atoms with Crippen molar-refractivity contribution in [1.29, 1.82) is 0 Å². The molecule has 9 atom stereocenters. The molecule has 0 N–H and O–H groups in total. The van der Waals surface area contributed by atoms with Gasteiger partial charge in [0.15, 0.2) is 5.78 Å². The van der Waals surface area contributed by atoms with Crippen LogP contribution in [0.1, 0.15) is 65.2 Å². The smallest absolute Gasteiger partial charge is 0.306 e. The molecule has 0 aromatic heterocycles. The first-order valence-electron chi connectivity index (χ1n) is 11.0. The zero-order valence-corrected chi connectivity index (χ0v) is 22.3. The van der Waals surface area contributed by atoms with Crippen LogP contribution in [0.25, 0.3) is 0 Å². The topological polar surface area (TPSA) is 55.9 Å². The molecule has 2 saturated heterocycles. The van der Waals surface area contributed by atoms with Gasteiger partial charge in [0, 0.05) is 23.7 Å². The highest BCUT2D eigenvalue weighted by molar-refractivity contribution is 7.59. The normalized spacial score (nSPS) is 54.0. The molecule has 0 bridgehead atoms. The number of fused-ring (bicyclic) bond motifs is 7. The van der Waals surface area contributed by atoms with Gasteiger partial charge in [0.25, 0.3) is 0 Å². The van der Waals surface area contributed by atoms with Crippen molar-refractivity contribution in [2.75, 3.05) is 0 Å². The molecule has 176 valence electrons. The van der Waals surface area contributed by atoms with E-state index in [2.05, 4.69) is 13.8 Å². The molecule has 4 nitrogen and oxygen atoms in total. The van der Waals surface area contributed by atoms with Crippen LogP contribution in [0.2, 0.25) is 0 Å². The lowest BCUT2D eigenvalue weighted by Gasteiger charge is -2.56. The summed E-state index contributed by atoms with van der Waals surface area (Å²) >= 11 is 0. The molecule has 8 heteroatoms. The van der Waals surface area contributed by atoms with Crippen LogP contribution in [0, 0.1) is 34.5 Å². The maximum Gasteiger partial charge on any atom is 0.306 e. The summed E-state index contributed by atoms with van der Waals surface area (Å²) in [5.41, 5.74) is 1.24. The lowest BCUT2D eigenvalue weighted by Crippen LogP contribution is -2.60. The number of carbonyl (C=O) groups is 2. The molecule has 2 spiro atoms. The molecule has 0 amide bonds. The van der Waals surface area contributed by atoms with Gasteiger partial charge in [-0.1, -0.05) is 19.4 Å². The van der Waals surface area contributed by atoms with E-state index in [-0.39, 0.29) is 88.1 Å². The quantitative estimate of drug-likeness (QED) is 0.369. The van der Waals surface area contributed by atoms with Gasteiger partial charge in [-0.15, -0.1) is 0 Å². The van der Waals surface area contributed by atoms with Gasteiger partial charge in [-0.3, -0.25) is 9.59 Å². The number of ether oxygens (including phenoxy) is 2. The average Bonchev–Trinajstić information content (AvgIpc) is 3.49. The van der Waals surface area contributed by atoms with Crippen molar-refractivity contribution >= 4 is 65.7 Å². The van der Waals surface area contributed by atoms with Crippen LogP contribution in [0.5, 0.6) is 0 Å². The summed E-state index contributed by atoms with van der Waals surface area (Å²) in [4.78, 5) is 24.2. The van der Waals surface area contributed by atoms with Crippen LogP contribution < -0.4 is 0 Å².